The third-order valence-corrected chi connectivity index (χ3v) is 5.07. The van der Waals surface area contributed by atoms with Gasteiger partial charge in [0.1, 0.15) is 5.82 Å². The Labute approximate surface area is 159 Å². The number of amides is 2. The molecule has 3 rings (SSSR count). The van der Waals surface area contributed by atoms with E-state index in [-0.39, 0.29) is 36.5 Å². The quantitative estimate of drug-likeness (QED) is 0.869. The fraction of sp³-hybridized carbons (Fsp3) is 0.364. The zero-order valence-corrected chi connectivity index (χ0v) is 16.0. The van der Waals surface area contributed by atoms with Crippen molar-refractivity contribution in [3.63, 3.8) is 0 Å². The maximum atomic E-state index is 13.7. The number of nitrogens with one attached hydrogen (secondary N) is 1. The van der Waals surface area contributed by atoms with E-state index >= 15 is 0 Å². The summed E-state index contributed by atoms with van der Waals surface area (Å²) < 4.78 is 13.7. The maximum Gasteiger partial charge on any atom is 0.227 e. The molecule has 1 atom stereocenters. The minimum Gasteiger partial charge on any atom is -0.352 e. The van der Waals surface area contributed by atoms with Crippen molar-refractivity contribution in [1.29, 1.82) is 0 Å². The van der Waals surface area contributed by atoms with Gasteiger partial charge < -0.3 is 10.2 Å². The van der Waals surface area contributed by atoms with Gasteiger partial charge in [-0.3, -0.25) is 9.59 Å². The number of carbonyl (C=O) groups is 2. The zero-order chi connectivity index (χ0) is 19.6. The van der Waals surface area contributed by atoms with E-state index in [1.165, 1.54) is 6.07 Å². The van der Waals surface area contributed by atoms with Crippen molar-refractivity contribution in [3.8, 4) is 0 Å². The molecule has 5 heteroatoms. The van der Waals surface area contributed by atoms with Crippen LogP contribution in [0.2, 0.25) is 0 Å². The molecule has 0 aromatic heterocycles. The van der Waals surface area contributed by atoms with E-state index in [4.69, 9.17) is 0 Å². The molecule has 2 amide bonds. The van der Waals surface area contributed by atoms with Crippen LogP contribution < -0.4 is 10.2 Å². The van der Waals surface area contributed by atoms with Crippen LogP contribution in [0.15, 0.2) is 42.5 Å². The second-order valence-corrected chi connectivity index (χ2v) is 7.38. The van der Waals surface area contributed by atoms with E-state index in [1.54, 1.807) is 23.1 Å². The van der Waals surface area contributed by atoms with Gasteiger partial charge in [0.25, 0.3) is 0 Å². The number of hydrogen-bond donors (Lipinski definition) is 1. The minimum atomic E-state index is -0.427. The molecule has 1 fully saturated rings. The number of halogens is 1. The van der Waals surface area contributed by atoms with Crippen LogP contribution in [-0.4, -0.2) is 18.4 Å². The highest BCUT2D eigenvalue weighted by Crippen LogP contribution is 2.35. The average Bonchev–Trinajstić information content (AvgIpc) is 3.02. The molecule has 0 bridgehead atoms. The monoisotopic (exact) mass is 368 g/mol. The fourth-order valence-corrected chi connectivity index (χ4v) is 3.58. The summed E-state index contributed by atoms with van der Waals surface area (Å²) in [4.78, 5) is 26.9. The molecular formula is C22H25FN2O2. The largest absolute Gasteiger partial charge is 0.352 e. The molecule has 0 saturated carbocycles. The van der Waals surface area contributed by atoms with Gasteiger partial charge in [-0.05, 0) is 30.0 Å². The third-order valence-electron chi connectivity index (χ3n) is 5.07. The molecule has 1 saturated heterocycles. The normalized spacial score (nSPS) is 16.9. The van der Waals surface area contributed by atoms with Crippen molar-refractivity contribution in [3.05, 3.63) is 65.0 Å². The summed E-state index contributed by atoms with van der Waals surface area (Å²) in [6.07, 6.45) is 0.176. The van der Waals surface area contributed by atoms with E-state index < -0.39 is 5.92 Å². The Morgan fingerprint density at radius 2 is 1.96 bits per heavy atom. The average molecular weight is 368 g/mol. The smallest absolute Gasteiger partial charge is 0.227 e. The number of aryl methyl sites for hydroxylation is 1. The van der Waals surface area contributed by atoms with Crippen LogP contribution in [0.4, 0.5) is 10.1 Å². The Morgan fingerprint density at radius 3 is 2.67 bits per heavy atom. The summed E-state index contributed by atoms with van der Waals surface area (Å²) in [7, 11) is 0. The second kappa shape index (κ2) is 7.91. The standard InChI is InChI=1S/C22H25FN2O2/c1-14(2)18-9-6-7-15(3)21(18)25-13-17(11-20(25)26)22(27)24-12-16-8-4-5-10-19(16)23/h4-10,14,17H,11-13H2,1-3H3,(H,24,27). The third kappa shape index (κ3) is 4.02. The Kier molecular flexibility index (Phi) is 5.59. The van der Waals surface area contributed by atoms with Crippen LogP contribution >= 0.6 is 0 Å². The van der Waals surface area contributed by atoms with Gasteiger partial charge in [-0.2, -0.15) is 0 Å². The van der Waals surface area contributed by atoms with Crippen LogP contribution in [0.25, 0.3) is 0 Å². The molecule has 1 heterocycles. The topological polar surface area (TPSA) is 49.4 Å². The van der Waals surface area contributed by atoms with Gasteiger partial charge in [0.2, 0.25) is 11.8 Å². The van der Waals surface area contributed by atoms with Gasteiger partial charge in [0.15, 0.2) is 0 Å². The lowest BCUT2D eigenvalue weighted by Gasteiger charge is -2.24. The zero-order valence-electron chi connectivity index (χ0n) is 16.0. The first-order chi connectivity index (χ1) is 12.9. The lowest BCUT2D eigenvalue weighted by Crippen LogP contribution is -2.33. The number of benzene rings is 2. The molecule has 1 aliphatic rings. The van der Waals surface area contributed by atoms with Crippen molar-refractivity contribution in [2.24, 2.45) is 5.92 Å². The fourth-order valence-electron chi connectivity index (χ4n) is 3.58. The molecule has 0 aliphatic carbocycles. The van der Waals surface area contributed by atoms with Crippen LogP contribution in [0, 0.1) is 18.7 Å². The Morgan fingerprint density at radius 1 is 1.22 bits per heavy atom. The molecule has 4 nitrogen and oxygen atoms in total. The highest BCUT2D eigenvalue weighted by atomic mass is 19.1. The number of rotatable bonds is 5. The predicted molar refractivity (Wildman–Crippen MR) is 104 cm³/mol. The predicted octanol–water partition coefficient (Wildman–Crippen LogP) is 3.93. The number of hydrogen-bond acceptors (Lipinski definition) is 2. The molecule has 1 N–H and O–H groups in total. The molecule has 1 unspecified atom stereocenters. The summed E-state index contributed by atoms with van der Waals surface area (Å²) in [5.74, 6) is -0.750. The van der Waals surface area contributed by atoms with Crippen molar-refractivity contribution in [2.45, 2.75) is 39.7 Å². The van der Waals surface area contributed by atoms with Gasteiger partial charge in [-0.1, -0.05) is 50.2 Å². The summed E-state index contributed by atoms with van der Waals surface area (Å²) in [5.41, 5.74) is 3.49. The number of nitrogens with zero attached hydrogens (tertiary/aromatic N) is 1. The van der Waals surface area contributed by atoms with Gasteiger partial charge >= 0.3 is 0 Å². The van der Waals surface area contributed by atoms with E-state index in [0.29, 0.717) is 12.1 Å². The molecular weight excluding hydrogens is 343 g/mol. The molecule has 0 spiro atoms. The Balaban J connectivity index is 1.72. The van der Waals surface area contributed by atoms with Crippen molar-refractivity contribution in [1.82, 2.24) is 5.32 Å². The summed E-state index contributed by atoms with van der Waals surface area (Å²) in [6, 6.07) is 12.4. The van der Waals surface area contributed by atoms with Crippen molar-refractivity contribution >= 4 is 17.5 Å². The highest BCUT2D eigenvalue weighted by Gasteiger charge is 2.36. The Hall–Kier alpha value is -2.69. The van der Waals surface area contributed by atoms with Crippen LogP contribution in [0.1, 0.15) is 42.9 Å². The molecule has 2 aromatic carbocycles. The molecule has 0 radical (unpaired) electrons. The SMILES string of the molecule is Cc1cccc(C(C)C)c1N1CC(C(=O)NCc2ccccc2F)CC1=O. The molecule has 2 aromatic rings. The first kappa shape index (κ1) is 19.1. The first-order valence-corrected chi connectivity index (χ1v) is 9.29. The van der Waals surface area contributed by atoms with Gasteiger partial charge in [-0.15, -0.1) is 0 Å². The summed E-state index contributed by atoms with van der Waals surface area (Å²) in [6.45, 7) is 6.65. The van der Waals surface area contributed by atoms with E-state index in [9.17, 15) is 14.0 Å². The van der Waals surface area contributed by atoms with Crippen LogP contribution in [-0.2, 0) is 16.1 Å². The van der Waals surface area contributed by atoms with E-state index in [1.807, 2.05) is 25.1 Å². The van der Waals surface area contributed by atoms with Gasteiger partial charge in [0.05, 0.1) is 5.92 Å². The van der Waals surface area contributed by atoms with E-state index in [2.05, 4.69) is 19.2 Å². The first-order valence-electron chi connectivity index (χ1n) is 9.29. The summed E-state index contributed by atoms with van der Waals surface area (Å²) >= 11 is 0. The lowest BCUT2D eigenvalue weighted by molar-refractivity contribution is -0.126. The van der Waals surface area contributed by atoms with Crippen molar-refractivity contribution < 1.29 is 14.0 Å². The summed E-state index contributed by atoms with van der Waals surface area (Å²) in [5, 5.41) is 2.77. The second-order valence-electron chi connectivity index (χ2n) is 7.38. The van der Waals surface area contributed by atoms with Crippen LogP contribution in [0.5, 0.6) is 0 Å². The minimum absolute atomic E-state index is 0.0442. The molecule has 1 aliphatic heterocycles. The maximum absolute atomic E-state index is 13.7. The number of carbonyl (C=O) groups excluding carboxylic acids is 2. The van der Waals surface area contributed by atoms with Crippen molar-refractivity contribution in [2.75, 3.05) is 11.4 Å². The number of para-hydroxylation sites is 1. The van der Waals surface area contributed by atoms with Gasteiger partial charge in [0, 0.05) is 30.8 Å². The highest BCUT2D eigenvalue weighted by molar-refractivity contribution is 6.01. The molecule has 142 valence electrons. The van der Waals surface area contributed by atoms with Gasteiger partial charge in [-0.25, -0.2) is 4.39 Å². The molecule has 27 heavy (non-hydrogen) atoms. The Bertz CT molecular complexity index is 863. The van der Waals surface area contributed by atoms with Crippen LogP contribution in [0.3, 0.4) is 0 Å². The number of anilines is 1. The lowest BCUT2D eigenvalue weighted by atomic mass is 9.97. The van der Waals surface area contributed by atoms with E-state index in [0.717, 1.165) is 16.8 Å².